The van der Waals surface area contributed by atoms with E-state index in [1.807, 2.05) is 12.1 Å². The zero-order valence-electron chi connectivity index (χ0n) is 9.48. The molecule has 2 rings (SSSR count). The standard InChI is InChI=1S/C13H12BrN3O/c14-8-4-6-9(7-5-8)17-13(18)10-2-1-3-11(15)12(10)16/h1-7H,15-16H2,(H,17,18). The van der Waals surface area contributed by atoms with Gasteiger partial charge in [-0.05, 0) is 36.4 Å². The third-order valence-electron chi connectivity index (χ3n) is 2.49. The Morgan fingerprint density at radius 3 is 2.39 bits per heavy atom. The third-order valence-corrected chi connectivity index (χ3v) is 3.02. The van der Waals surface area contributed by atoms with E-state index in [1.165, 1.54) is 0 Å². The number of rotatable bonds is 2. The first-order chi connectivity index (χ1) is 8.58. The van der Waals surface area contributed by atoms with Crippen molar-refractivity contribution in [2.45, 2.75) is 0 Å². The number of hydrogen-bond donors (Lipinski definition) is 3. The van der Waals surface area contributed by atoms with Crippen LogP contribution < -0.4 is 16.8 Å². The number of para-hydroxylation sites is 1. The Balaban J connectivity index is 2.22. The second-order valence-electron chi connectivity index (χ2n) is 3.77. The fourth-order valence-electron chi connectivity index (χ4n) is 1.51. The first-order valence-electron chi connectivity index (χ1n) is 5.29. The van der Waals surface area contributed by atoms with Gasteiger partial charge in [0.25, 0.3) is 5.91 Å². The second kappa shape index (κ2) is 5.10. The lowest BCUT2D eigenvalue weighted by atomic mass is 10.1. The fourth-order valence-corrected chi connectivity index (χ4v) is 1.78. The van der Waals surface area contributed by atoms with Crippen molar-refractivity contribution in [3.63, 3.8) is 0 Å². The van der Waals surface area contributed by atoms with E-state index >= 15 is 0 Å². The minimum atomic E-state index is -0.276. The van der Waals surface area contributed by atoms with Crippen LogP contribution in [0.25, 0.3) is 0 Å². The van der Waals surface area contributed by atoms with Gasteiger partial charge in [0.15, 0.2) is 0 Å². The van der Waals surface area contributed by atoms with Crippen LogP contribution in [-0.4, -0.2) is 5.91 Å². The van der Waals surface area contributed by atoms with Crippen molar-refractivity contribution in [1.29, 1.82) is 0 Å². The summed E-state index contributed by atoms with van der Waals surface area (Å²) in [6.45, 7) is 0. The van der Waals surface area contributed by atoms with Gasteiger partial charge in [0.05, 0.1) is 16.9 Å². The van der Waals surface area contributed by atoms with Crippen LogP contribution in [0.5, 0.6) is 0 Å². The monoisotopic (exact) mass is 305 g/mol. The number of anilines is 3. The molecule has 18 heavy (non-hydrogen) atoms. The van der Waals surface area contributed by atoms with Crippen molar-refractivity contribution >= 4 is 38.9 Å². The van der Waals surface area contributed by atoms with Gasteiger partial charge in [0.1, 0.15) is 0 Å². The lowest BCUT2D eigenvalue weighted by molar-refractivity contribution is 0.102. The summed E-state index contributed by atoms with van der Waals surface area (Å²) in [4.78, 5) is 12.0. The number of nitrogens with two attached hydrogens (primary N) is 2. The molecule has 2 aromatic carbocycles. The smallest absolute Gasteiger partial charge is 0.257 e. The van der Waals surface area contributed by atoms with E-state index in [0.717, 1.165) is 4.47 Å². The summed E-state index contributed by atoms with van der Waals surface area (Å²) in [6.07, 6.45) is 0. The van der Waals surface area contributed by atoms with Gasteiger partial charge in [0, 0.05) is 10.2 Å². The fraction of sp³-hybridized carbons (Fsp3) is 0. The van der Waals surface area contributed by atoms with Gasteiger partial charge in [-0.3, -0.25) is 4.79 Å². The minimum absolute atomic E-state index is 0.276. The summed E-state index contributed by atoms with van der Waals surface area (Å²) in [5.41, 5.74) is 13.2. The Hall–Kier alpha value is -2.01. The van der Waals surface area contributed by atoms with Crippen molar-refractivity contribution in [2.75, 3.05) is 16.8 Å². The largest absolute Gasteiger partial charge is 0.397 e. The lowest BCUT2D eigenvalue weighted by Gasteiger charge is -2.09. The number of nitrogen functional groups attached to an aromatic ring is 2. The van der Waals surface area contributed by atoms with Gasteiger partial charge < -0.3 is 16.8 Å². The summed E-state index contributed by atoms with van der Waals surface area (Å²) in [7, 11) is 0. The maximum Gasteiger partial charge on any atom is 0.257 e. The molecule has 92 valence electrons. The van der Waals surface area contributed by atoms with Gasteiger partial charge in [-0.2, -0.15) is 0 Å². The molecule has 0 spiro atoms. The Kier molecular flexibility index (Phi) is 3.53. The molecule has 0 saturated heterocycles. The number of benzene rings is 2. The van der Waals surface area contributed by atoms with Crippen molar-refractivity contribution in [3.8, 4) is 0 Å². The molecule has 1 amide bonds. The number of amides is 1. The first-order valence-corrected chi connectivity index (χ1v) is 6.08. The molecule has 5 N–H and O–H groups in total. The topological polar surface area (TPSA) is 81.1 Å². The average molecular weight is 306 g/mol. The van der Waals surface area contributed by atoms with Crippen LogP contribution in [-0.2, 0) is 0 Å². The predicted octanol–water partition coefficient (Wildman–Crippen LogP) is 2.87. The Morgan fingerprint density at radius 2 is 1.72 bits per heavy atom. The summed E-state index contributed by atoms with van der Waals surface area (Å²) in [6, 6.07) is 12.3. The zero-order valence-corrected chi connectivity index (χ0v) is 11.1. The molecule has 5 heteroatoms. The van der Waals surface area contributed by atoms with Crippen molar-refractivity contribution in [1.82, 2.24) is 0 Å². The van der Waals surface area contributed by atoms with Crippen LogP contribution in [0.3, 0.4) is 0 Å². The molecule has 2 aromatic rings. The molecule has 0 aromatic heterocycles. The van der Waals surface area contributed by atoms with E-state index in [9.17, 15) is 4.79 Å². The number of halogens is 1. The van der Waals surface area contributed by atoms with E-state index < -0.39 is 0 Å². The minimum Gasteiger partial charge on any atom is -0.397 e. The quantitative estimate of drug-likeness (QED) is 0.746. The summed E-state index contributed by atoms with van der Waals surface area (Å²) >= 11 is 3.33. The van der Waals surface area contributed by atoms with Crippen molar-refractivity contribution in [3.05, 3.63) is 52.5 Å². The van der Waals surface area contributed by atoms with Crippen LogP contribution in [0.2, 0.25) is 0 Å². The van der Waals surface area contributed by atoms with Gasteiger partial charge >= 0.3 is 0 Å². The molecule has 0 heterocycles. The molecule has 0 bridgehead atoms. The van der Waals surface area contributed by atoms with E-state index in [0.29, 0.717) is 22.6 Å². The molecular weight excluding hydrogens is 294 g/mol. The highest BCUT2D eigenvalue weighted by Crippen LogP contribution is 2.21. The Labute approximate surface area is 113 Å². The molecule has 0 aliphatic rings. The number of carbonyl (C=O) groups excluding carboxylic acids is 1. The molecular formula is C13H12BrN3O. The van der Waals surface area contributed by atoms with Gasteiger partial charge in [-0.15, -0.1) is 0 Å². The average Bonchev–Trinajstić information content (AvgIpc) is 2.35. The van der Waals surface area contributed by atoms with Gasteiger partial charge in [0.2, 0.25) is 0 Å². The van der Waals surface area contributed by atoms with Crippen molar-refractivity contribution in [2.24, 2.45) is 0 Å². The Morgan fingerprint density at radius 1 is 1.06 bits per heavy atom. The van der Waals surface area contributed by atoms with E-state index in [4.69, 9.17) is 11.5 Å². The van der Waals surface area contributed by atoms with Crippen LogP contribution in [0.4, 0.5) is 17.1 Å². The van der Waals surface area contributed by atoms with Crippen LogP contribution in [0.15, 0.2) is 46.9 Å². The van der Waals surface area contributed by atoms with Crippen molar-refractivity contribution < 1.29 is 4.79 Å². The van der Waals surface area contributed by atoms with Crippen LogP contribution in [0, 0.1) is 0 Å². The molecule has 0 fully saturated rings. The highest BCUT2D eigenvalue weighted by Gasteiger charge is 2.11. The maximum absolute atomic E-state index is 12.0. The SMILES string of the molecule is Nc1cccc(C(=O)Nc2ccc(Br)cc2)c1N. The summed E-state index contributed by atoms with van der Waals surface area (Å²) < 4.78 is 0.948. The molecule has 0 saturated carbocycles. The molecule has 0 unspecified atom stereocenters. The third kappa shape index (κ3) is 2.62. The maximum atomic E-state index is 12.0. The molecule has 4 nitrogen and oxygen atoms in total. The van der Waals surface area contributed by atoms with Crippen LogP contribution >= 0.6 is 15.9 Å². The molecule has 0 aliphatic heterocycles. The van der Waals surface area contributed by atoms with Gasteiger partial charge in [-0.25, -0.2) is 0 Å². The normalized spacial score (nSPS) is 10.1. The highest BCUT2D eigenvalue weighted by atomic mass is 79.9. The number of carbonyl (C=O) groups is 1. The zero-order chi connectivity index (χ0) is 13.1. The van der Waals surface area contributed by atoms with Crippen LogP contribution in [0.1, 0.15) is 10.4 Å². The molecule has 0 aliphatic carbocycles. The Bertz CT molecular complexity index is 581. The number of nitrogens with one attached hydrogen (secondary N) is 1. The first kappa shape index (κ1) is 12.4. The predicted molar refractivity (Wildman–Crippen MR) is 77.4 cm³/mol. The summed E-state index contributed by atoms with van der Waals surface area (Å²) in [5, 5.41) is 2.76. The van der Waals surface area contributed by atoms with E-state index in [2.05, 4.69) is 21.2 Å². The molecule has 0 radical (unpaired) electrons. The second-order valence-corrected chi connectivity index (χ2v) is 4.69. The number of hydrogen-bond acceptors (Lipinski definition) is 3. The van der Waals surface area contributed by atoms with Gasteiger partial charge in [-0.1, -0.05) is 22.0 Å². The summed E-state index contributed by atoms with van der Waals surface area (Å²) in [5.74, 6) is -0.276. The lowest BCUT2D eigenvalue weighted by Crippen LogP contribution is -2.14. The highest BCUT2D eigenvalue weighted by molar-refractivity contribution is 9.10. The molecule has 0 atom stereocenters. The van der Waals surface area contributed by atoms with E-state index in [-0.39, 0.29) is 5.91 Å². The van der Waals surface area contributed by atoms with E-state index in [1.54, 1.807) is 30.3 Å².